The van der Waals surface area contributed by atoms with E-state index in [1.165, 1.54) is 0 Å². The van der Waals surface area contributed by atoms with E-state index in [-0.39, 0.29) is 5.54 Å². The minimum Gasteiger partial charge on any atom is -0.300 e. The van der Waals surface area contributed by atoms with Gasteiger partial charge < -0.3 is 0 Å². The predicted molar refractivity (Wildman–Crippen MR) is 46.8 cm³/mol. The Morgan fingerprint density at radius 3 is 2.64 bits per heavy atom. The van der Waals surface area contributed by atoms with Crippen LogP contribution in [0.3, 0.4) is 0 Å². The van der Waals surface area contributed by atoms with Crippen molar-refractivity contribution in [2.75, 3.05) is 0 Å². The molecule has 0 N–H and O–H groups in total. The molecule has 3 heteroatoms. The van der Waals surface area contributed by atoms with Crippen LogP contribution in [0.2, 0.25) is 5.54 Å². The van der Waals surface area contributed by atoms with E-state index in [1.807, 2.05) is 0 Å². The first-order valence-electron chi connectivity index (χ1n) is 4.24. The summed E-state index contributed by atoms with van der Waals surface area (Å²) in [4.78, 5) is 22.2. The molecule has 0 amide bonds. The van der Waals surface area contributed by atoms with Crippen LogP contribution in [0.5, 0.6) is 0 Å². The lowest BCUT2D eigenvalue weighted by Crippen LogP contribution is -2.14. The molecule has 0 radical (unpaired) electrons. The van der Waals surface area contributed by atoms with Crippen molar-refractivity contribution in [3.63, 3.8) is 0 Å². The van der Waals surface area contributed by atoms with Crippen LogP contribution in [0, 0.1) is 0 Å². The molecule has 0 aromatic carbocycles. The van der Waals surface area contributed by atoms with Crippen molar-refractivity contribution in [3.05, 3.63) is 0 Å². The van der Waals surface area contributed by atoms with E-state index in [2.05, 4.69) is 0 Å². The maximum Gasteiger partial charge on any atom is 0.132 e. The van der Waals surface area contributed by atoms with E-state index in [4.69, 9.17) is 0 Å². The van der Waals surface area contributed by atoms with Crippen LogP contribution in [-0.4, -0.2) is 21.8 Å². The highest BCUT2D eigenvalue weighted by Crippen LogP contribution is 2.18. The Bertz CT molecular complexity index is 177. The molecule has 1 saturated carbocycles. The normalized spacial score (nSPS) is 28.2. The van der Waals surface area contributed by atoms with Crippen LogP contribution in [0.25, 0.3) is 0 Å². The molecule has 62 valence electrons. The Morgan fingerprint density at radius 2 is 1.91 bits per heavy atom. The number of carbonyl (C=O) groups is 2. The van der Waals surface area contributed by atoms with E-state index >= 15 is 0 Å². The Kier molecular flexibility index (Phi) is 2.99. The van der Waals surface area contributed by atoms with Gasteiger partial charge in [-0.3, -0.25) is 9.59 Å². The molecule has 0 aliphatic heterocycles. The Hall–Kier alpha value is -0.443. The molecular formula is C8H14O2Si. The SMILES string of the molecule is O=C1CCCC(=O)C([SiH3])CC1. The van der Waals surface area contributed by atoms with Gasteiger partial charge in [-0.15, -0.1) is 0 Å². The van der Waals surface area contributed by atoms with Crippen molar-refractivity contribution in [1.29, 1.82) is 0 Å². The van der Waals surface area contributed by atoms with Crippen molar-refractivity contribution >= 4 is 21.8 Å². The molecule has 1 aliphatic rings. The minimum absolute atomic E-state index is 0.249. The van der Waals surface area contributed by atoms with Gasteiger partial charge >= 0.3 is 0 Å². The van der Waals surface area contributed by atoms with Gasteiger partial charge in [0.25, 0.3) is 0 Å². The third-order valence-electron chi connectivity index (χ3n) is 2.28. The number of hydrogen-bond acceptors (Lipinski definition) is 2. The summed E-state index contributed by atoms with van der Waals surface area (Å²) in [6, 6.07) is 0. The van der Waals surface area contributed by atoms with Crippen molar-refractivity contribution in [3.8, 4) is 0 Å². The van der Waals surface area contributed by atoms with Crippen LogP contribution < -0.4 is 0 Å². The van der Waals surface area contributed by atoms with Gasteiger partial charge in [0.15, 0.2) is 0 Å². The van der Waals surface area contributed by atoms with Crippen LogP contribution >= 0.6 is 0 Å². The molecule has 1 atom stereocenters. The highest BCUT2D eigenvalue weighted by molar-refractivity contribution is 6.24. The third-order valence-corrected chi connectivity index (χ3v) is 3.51. The Morgan fingerprint density at radius 1 is 1.18 bits per heavy atom. The average Bonchev–Trinajstić information content (AvgIpc) is 1.98. The van der Waals surface area contributed by atoms with Crippen LogP contribution in [0.1, 0.15) is 32.1 Å². The van der Waals surface area contributed by atoms with E-state index in [0.717, 1.165) is 23.1 Å². The molecular weight excluding hydrogens is 156 g/mol. The second kappa shape index (κ2) is 3.81. The lowest BCUT2D eigenvalue weighted by Gasteiger charge is -2.12. The molecule has 0 spiro atoms. The summed E-state index contributed by atoms with van der Waals surface area (Å²) in [6.07, 6.45) is 3.51. The highest BCUT2D eigenvalue weighted by Gasteiger charge is 2.17. The minimum atomic E-state index is 0.249. The molecule has 0 aromatic heterocycles. The zero-order valence-corrected chi connectivity index (χ0v) is 8.93. The Balaban J connectivity index is 2.47. The molecule has 0 aromatic rings. The van der Waals surface area contributed by atoms with Gasteiger partial charge in [-0.2, -0.15) is 0 Å². The van der Waals surface area contributed by atoms with Crippen molar-refractivity contribution in [1.82, 2.24) is 0 Å². The number of rotatable bonds is 0. The van der Waals surface area contributed by atoms with Gasteiger partial charge in [-0.05, 0) is 12.8 Å². The summed E-state index contributed by atoms with van der Waals surface area (Å²) in [5.41, 5.74) is 0.249. The molecule has 1 unspecified atom stereocenters. The van der Waals surface area contributed by atoms with Gasteiger partial charge in [0, 0.05) is 35.0 Å². The van der Waals surface area contributed by atoms with Crippen LogP contribution in [0.15, 0.2) is 0 Å². The van der Waals surface area contributed by atoms with Crippen molar-refractivity contribution < 1.29 is 9.59 Å². The lowest BCUT2D eigenvalue weighted by molar-refractivity contribution is -0.122. The lowest BCUT2D eigenvalue weighted by atomic mass is 9.98. The fourth-order valence-electron chi connectivity index (χ4n) is 1.37. The van der Waals surface area contributed by atoms with E-state index in [9.17, 15) is 9.59 Å². The maximum atomic E-state index is 11.2. The van der Waals surface area contributed by atoms with Gasteiger partial charge in [0.05, 0.1) is 0 Å². The largest absolute Gasteiger partial charge is 0.300 e. The molecule has 1 aliphatic carbocycles. The first-order chi connectivity index (χ1) is 5.20. The zero-order valence-electron chi connectivity index (χ0n) is 6.93. The number of carbonyl (C=O) groups excluding carboxylic acids is 2. The van der Waals surface area contributed by atoms with E-state index < -0.39 is 0 Å². The summed E-state index contributed by atoms with van der Waals surface area (Å²) in [5.74, 6) is 0.738. The predicted octanol–water partition coefficient (Wildman–Crippen LogP) is 0.243. The number of Topliss-reactive ketones (excluding diaryl/α,β-unsaturated/α-hetero) is 2. The number of hydrogen-bond donors (Lipinski definition) is 0. The van der Waals surface area contributed by atoms with E-state index in [1.54, 1.807) is 0 Å². The van der Waals surface area contributed by atoms with Crippen molar-refractivity contribution in [2.45, 2.75) is 37.6 Å². The van der Waals surface area contributed by atoms with Crippen LogP contribution in [0.4, 0.5) is 0 Å². The second-order valence-corrected chi connectivity index (χ2v) is 4.69. The number of ketones is 2. The molecule has 0 saturated heterocycles. The summed E-state index contributed by atoms with van der Waals surface area (Å²) < 4.78 is 0. The summed E-state index contributed by atoms with van der Waals surface area (Å²) in [7, 11) is 0.920. The third kappa shape index (κ3) is 2.58. The molecule has 0 heterocycles. The molecule has 2 nitrogen and oxygen atoms in total. The summed E-state index contributed by atoms with van der Waals surface area (Å²) in [6.45, 7) is 0. The molecule has 1 rings (SSSR count). The fraction of sp³-hybridized carbons (Fsp3) is 0.750. The highest BCUT2D eigenvalue weighted by atomic mass is 28.1. The second-order valence-electron chi connectivity index (χ2n) is 3.30. The van der Waals surface area contributed by atoms with Gasteiger partial charge in [-0.25, -0.2) is 0 Å². The smallest absolute Gasteiger partial charge is 0.132 e. The average molecular weight is 170 g/mol. The van der Waals surface area contributed by atoms with Gasteiger partial charge in [-0.1, -0.05) is 0 Å². The molecule has 11 heavy (non-hydrogen) atoms. The Labute approximate surface area is 69.8 Å². The first-order valence-corrected chi connectivity index (χ1v) is 5.40. The summed E-state index contributed by atoms with van der Waals surface area (Å²) in [5, 5.41) is 0. The zero-order chi connectivity index (χ0) is 8.27. The topological polar surface area (TPSA) is 34.1 Å². The van der Waals surface area contributed by atoms with Gasteiger partial charge in [0.2, 0.25) is 0 Å². The summed E-state index contributed by atoms with van der Waals surface area (Å²) >= 11 is 0. The van der Waals surface area contributed by atoms with Gasteiger partial charge in [0.1, 0.15) is 11.6 Å². The monoisotopic (exact) mass is 170 g/mol. The molecule has 1 fully saturated rings. The quantitative estimate of drug-likeness (QED) is 0.488. The standard InChI is InChI=1S/C8H14O2Si/c9-6-2-1-3-7(10)8(11)5-4-6/h8H,1-5H2,11H3. The molecule has 0 bridgehead atoms. The first kappa shape index (κ1) is 8.65. The van der Waals surface area contributed by atoms with E-state index in [0.29, 0.717) is 30.8 Å². The van der Waals surface area contributed by atoms with Crippen molar-refractivity contribution in [2.24, 2.45) is 0 Å². The fourth-order valence-corrected chi connectivity index (χ4v) is 1.95. The maximum absolute atomic E-state index is 11.2. The van der Waals surface area contributed by atoms with Crippen LogP contribution in [-0.2, 0) is 9.59 Å².